The van der Waals surface area contributed by atoms with E-state index >= 15 is 0 Å². The maximum atomic E-state index is 12.5. The van der Waals surface area contributed by atoms with Gasteiger partial charge in [0.05, 0.1) is 20.3 Å². The van der Waals surface area contributed by atoms with Crippen molar-refractivity contribution >= 4 is 11.7 Å². The number of ether oxygens (including phenoxy) is 3. The van der Waals surface area contributed by atoms with Gasteiger partial charge in [0.1, 0.15) is 29.9 Å². The highest BCUT2D eigenvalue weighted by atomic mass is 16.6. The average Bonchev–Trinajstić information content (AvgIpc) is 3.13. The van der Waals surface area contributed by atoms with E-state index in [1.54, 1.807) is 37.4 Å². The average molecular weight is 467 g/mol. The van der Waals surface area contributed by atoms with Crippen LogP contribution in [0.4, 0.5) is 5.82 Å². The minimum atomic E-state index is -1.36. The fraction of sp³-hybridized carbons (Fsp3) is 0.292. The summed E-state index contributed by atoms with van der Waals surface area (Å²) in [6, 6.07) is 17.2. The number of hydrogen-bond acceptors (Lipinski definition) is 8. The molecule has 1 saturated heterocycles. The normalized spacial score (nSPS) is 21.9. The zero-order valence-corrected chi connectivity index (χ0v) is 18.4. The molecule has 3 aromatic rings. The van der Waals surface area contributed by atoms with Gasteiger partial charge in [0.15, 0.2) is 6.23 Å². The van der Waals surface area contributed by atoms with Crippen LogP contribution in [-0.2, 0) is 16.1 Å². The lowest BCUT2D eigenvalue weighted by atomic mass is 10.1. The SMILES string of the molecule is COc1ccc(COC[C@H]2O[C@@H](n3ccc(NC(=O)c4ccccc4)nc3=O)[C@H](O)[C@@H]2O)cc1. The zero-order chi connectivity index (χ0) is 24.1. The lowest BCUT2D eigenvalue weighted by Crippen LogP contribution is -2.36. The summed E-state index contributed by atoms with van der Waals surface area (Å²) in [5.74, 6) is 0.378. The van der Waals surface area contributed by atoms with E-state index in [9.17, 15) is 19.8 Å². The van der Waals surface area contributed by atoms with Crippen LogP contribution in [0.5, 0.6) is 5.75 Å². The Labute approximate surface area is 195 Å². The summed E-state index contributed by atoms with van der Waals surface area (Å²) >= 11 is 0. The third-order valence-electron chi connectivity index (χ3n) is 5.43. The van der Waals surface area contributed by atoms with E-state index in [4.69, 9.17) is 14.2 Å². The van der Waals surface area contributed by atoms with Gasteiger partial charge in [-0.1, -0.05) is 30.3 Å². The molecule has 4 atom stereocenters. The van der Waals surface area contributed by atoms with Crippen LogP contribution in [0.3, 0.4) is 0 Å². The largest absolute Gasteiger partial charge is 0.497 e. The van der Waals surface area contributed by atoms with E-state index in [-0.39, 0.29) is 19.0 Å². The van der Waals surface area contributed by atoms with Gasteiger partial charge in [-0.15, -0.1) is 0 Å². The number of aliphatic hydroxyl groups excluding tert-OH is 2. The Morgan fingerprint density at radius 1 is 1.09 bits per heavy atom. The first-order chi connectivity index (χ1) is 16.5. The van der Waals surface area contributed by atoms with Crippen LogP contribution in [0, 0.1) is 0 Å². The van der Waals surface area contributed by atoms with Gasteiger partial charge in [-0.05, 0) is 35.9 Å². The number of aromatic nitrogens is 2. The third kappa shape index (κ3) is 5.32. The summed E-state index contributed by atoms with van der Waals surface area (Å²) in [7, 11) is 1.58. The van der Waals surface area contributed by atoms with Gasteiger partial charge in [0.25, 0.3) is 5.91 Å². The van der Waals surface area contributed by atoms with Crippen molar-refractivity contribution in [3.8, 4) is 5.75 Å². The van der Waals surface area contributed by atoms with E-state index in [1.165, 1.54) is 12.3 Å². The Kier molecular flexibility index (Phi) is 7.33. The molecule has 4 rings (SSSR count). The smallest absolute Gasteiger partial charge is 0.351 e. The second kappa shape index (κ2) is 10.6. The quantitative estimate of drug-likeness (QED) is 0.452. The number of nitrogens with one attached hydrogen (secondary N) is 1. The molecule has 2 aromatic carbocycles. The maximum Gasteiger partial charge on any atom is 0.351 e. The van der Waals surface area contributed by atoms with Crippen molar-refractivity contribution in [2.75, 3.05) is 19.0 Å². The lowest BCUT2D eigenvalue weighted by molar-refractivity contribution is -0.0710. The molecule has 1 amide bonds. The number of carbonyl (C=O) groups excluding carboxylic acids is 1. The van der Waals surface area contributed by atoms with Crippen LogP contribution in [0.2, 0.25) is 0 Å². The monoisotopic (exact) mass is 467 g/mol. The molecular weight excluding hydrogens is 442 g/mol. The molecule has 1 aliphatic heterocycles. The molecule has 178 valence electrons. The third-order valence-corrected chi connectivity index (χ3v) is 5.43. The summed E-state index contributed by atoms with van der Waals surface area (Å²) in [6.45, 7) is 0.281. The van der Waals surface area contributed by atoms with Crippen LogP contribution < -0.4 is 15.7 Å². The summed E-state index contributed by atoms with van der Waals surface area (Å²) in [5, 5.41) is 23.4. The molecule has 1 aliphatic rings. The zero-order valence-electron chi connectivity index (χ0n) is 18.4. The molecule has 0 radical (unpaired) electrons. The predicted octanol–water partition coefficient (Wildman–Crippen LogP) is 1.34. The molecule has 0 bridgehead atoms. The predicted molar refractivity (Wildman–Crippen MR) is 121 cm³/mol. The number of methoxy groups -OCH3 is 1. The molecule has 2 heterocycles. The van der Waals surface area contributed by atoms with Crippen molar-refractivity contribution in [2.45, 2.75) is 31.1 Å². The van der Waals surface area contributed by atoms with E-state index in [0.29, 0.717) is 5.56 Å². The molecule has 34 heavy (non-hydrogen) atoms. The topological polar surface area (TPSA) is 132 Å². The Morgan fingerprint density at radius 3 is 2.50 bits per heavy atom. The van der Waals surface area contributed by atoms with Crippen LogP contribution in [0.15, 0.2) is 71.7 Å². The van der Waals surface area contributed by atoms with Crippen LogP contribution in [0.25, 0.3) is 0 Å². The van der Waals surface area contributed by atoms with Gasteiger partial charge in [-0.3, -0.25) is 9.36 Å². The molecule has 0 unspecified atom stereocenters. The van der Waals surface area contributed by atoms with Gasteiger partial charge < -0.3 is 29.7 Å². The number of hydrogen-bond donors (Lipinski definition) is 3. The highest BCUT2D eigenvalue weighted by Crippen LogP contribution is 2.29. The minimum absolute atomic E-state index is 0.00809. The van der Waals surface area contributed by atoms with E-state index in [0.717, 1.165) is 15.9 Å². The minimum Gasteiger partial charge on any atom is -0.497 e. The standard InChI is InChI=1S/C24H25N3O7/c1-32-17-9-7-15(8-10-17)13-33-14-18-20(28)21(29)23(34-18)27-12-11-19(26-24(27)31)25-22(30)16-5-3-2-4-6-16/h2-12,18,20-21,23,28-29H,13-14H2,1H3,(H,25,26,30,31)/t18-,20-,21-,23-/m1/s1. The fourth-order valence-electron chi connectivity index (χ4n) is 3.57. The second-order valence-corrected chi connectivity index (χ2v) is 7.73. The molecule has 0 aliphatic carbocycles. The highest BCUT2D eigenvalue weighted by molar-refractivity contribution is 6.03. The maximum absolute atomic E-state index is 12.5. The second-order valence-electron chi connectivity index (χ2n) is 7.73. The van der Waals surface area contributed by atoms with Crippen molar-refractivity contribution in [1.29, 1.82) is 0 Å². The first-order valence-electron chi connectivity index (χ1n) is 10.6. The molecule has 1 fully saturated rings. The summed E-state index contributed by atoms with van der Waals surface area (Å²) in [4.78, 5) is 28.6. The van der Waals surface area contributed by atoms with Gasteiger partial charge in [0, 0.05) is 11.8 Å². The van der Waals surface area contributed by atoms with E-state index < -0.39 is 36.1 Å². The van der Waals surface area contributed by atoms with Crippen LogP contribution in [-0.4, -0.2) is 57.7 Å². The van der Waals surface area contributed by atoms with Gasteiger partial charge in [-0.25, -0.2) is 4.79 Å². The number of rotatable bonds is 8. The Morgan fingerprint density at radius 2 is 1.82 bits per heavy atom. The van der Waals surface area contributed by atoms with Crippen molar-refractivity contribution in [1.82, 2.24) is 9.55 Å². The van der Waals surface area contributed by atoms with Crippen molar-refractivity contribution < 1.29 is 29.2 Å². The summed E-state index contributed by atoms with van der Waals surface area (Å²) in [6.07, 6.45) is -3.27. The van der Waals surface area contributed by atoms with Gasteiger partial charge in [-0.2, -0.15) is 4.98 Å². The van der Waals surface area contributed by atoms with Crippen LogP contribution in [0.1, 0.15) is 22.1 Å². The first kappa shape index (κ1) is 23.6. The number of carbonyl (C=O) groups is 1. The molecule has 10 nitrogen and oxygen atoms in total. The molecule has 1 aromatic heterocycles. The Bertz CT molecular complexity index is 1170. The van der Waals surface area contributed by atoms with Crippen LogP contribution >= 0.6 is 0 Å². The number of anilines is 1. The summed E-state index contributed by atoms with van der Waals surface area (Å²) < 4.78 is 17.5. The lowest BCUT2D eigenvalue weighted by Gasteiger charge is -2.17. The first-order valence-corrected chi connectivity index (χ1v) is 10.6. The van der Waals surface area contributed by atoms with Crippen molar-refractivity contribution in [3.05, 3.63) is 88.5 Å². The van der Waals surface area contributed by atoms with Crippen molar-refractivity contribution in [2.24, 2.45) is 0 Å². The van der Waals surface area contributed by atoms with Gasteiger partial charge in [0.2, 0.25) is 0 Å². The van der Waals surface area contributed by atoms with Gasteiger partial charge >= 0.3 is 5.69 Å². The number of benzene rings is 2. The summed E-state index contributed by atoms with van der Waals surface area (Å²) in [5.41, 5.74) is 0.574. The Balaban J connectivity index is 1.36. The fourth-order valence-corrected chi connectivity index (χ4v) is 3.57. The molecule has 0 spiro atoms. The molecular formula is C24H25N3O7. The van der Waals surface area contributed by atoms with E-state index in [1.807, 2.05) is 24.3 Å². The highest BCUT2D eigenvalue weighted by Gasteiger charge is 2.44. The molecule has 10 heteroatoms. The Hall–Kier alpha value is -3.57. The number of nitrogens with zero attached hydrogens (tertiary/aromatic N) is 2. The van der Waals surface area contributed by atoms with E-state index in [2.05, 4.69) is 10.3 Å². The molecule has 0 saturated carbocycles. The van der Waals surface area contributed by atoms with Crippen molar-refractivity contribution in [3.63, 3.8) is 0 Å². The molecule has 3 N–H and O–H groups in total. The number of amides is 1. The number of aliphatic hydroxyl groups is 2.